The number of aromatic nitrogens is 2. The van der Waals surface area contributed by atoms with Crippen LogP contribution < -0.4 is 5.32 Å². The topological polar surface area (TPSA) is 87.5 Å². The summed E-state index contributed by atoms with van der Waals surface area (Å²) in [6.45, 7) is 5.83. The number of nitrogens with one attached hydrogen (secondary N) is 1. The standard InChI is InChI=1S/C22H28FN5O3/c1-15(2)12-24-20(29)14-26(3)21(30)18-11-19-22(31)27(9-4-10-28(19)25-18)13-16-5-7-17(23)8-6-16/h5-8,11,15H,4,9-10,12-14H2,1-3H3,(H,24,29). The van der Waals surface area contributed by atoms with Gasteiger partial charge in [-0.05, 0) is 30.0 Å². The second-order valence-corrected chi connectivity index (χ2v) is 8.20. The lowest BCUT2D eigenvalue weighted by atomic mass is 10.2. The van der Waals surface area contributed by atoms with Gasteiger partial charge in [-0.2, -0.15) is 5.10 Å². The molecule has 0 radical (unpaired) electrons. The van der Waals surface area contributed by atoms with Crippen molar-refractivity contribution >= 4 is 17.7 Å². The van der Waals surface area contributed by atoms with Crippen LogP contribution in [0.4, 0.5) is 4.39 Å². The van der Waals surface area contributed by atoms with E-state index in [0.717, 1.165) is 5.56 Å². The lowest BCUT2D eigenvalue weighted by molar-refractivity contribution is -0.121. The average Bonchev–Trinajstić information content (AvgIpc) is 3.10. The molecule has 31 heavy (non-hydrogen) atoms. The average molecular weight is 429 g/mol. The first kappa shape index (κ1) is 22.5. The number of rotatable bonds is 7. The van der Waals surface area contributed by atoms with Crippen molar-refractivity contribution in [1.29, 1.82) is 0 Å². The van der Waals surface area contributed by atoms with Crippen molar-refractivity contribution in [1.82, 2.24) is 24.9 Å². The number of hydrogen-bond donors (Lipinski definition) is 1. The number of carbonyl (C=O) groups excluding carboxylic acids is 3. The summed E-state index contributed by atoms with van der Waals surface area (Å²) in [7, 11) is 1.53. The van der Waals surface area contributed by atoms with Gasteiger partial charge in [-0.25, -0.2) is 4.39 Å². The van der Waals surface area contributed by atoms with Crippen LogP contribution >= 0.6 is 0 Å². The van der Waals surface area contributed by atoms with E-state index >= 15 is 0 Å². The maximum atomic E-state index is 13.2. The van der Waals surface area contributed by atoms with Gasteiger partial charge in [0, 0.05) is 39.3 Å². The summed E-state index contributed by atoms with van der Waals surface area (Å²) in [4.78, 5) is 40.8. The number of likely N-dealkylation sites (N-methyl/N-ethyl adjacent to an activating group) is 1. The molecule has 8 nitrogen and oxygen atoms in total. The zero-order valence-corrected chi connectivity index (χ0v) is 18.1. The van der Waals surface area contributed by atoms with E-state index in [1.165, 1.54) is 30.1 Å². The Bertz CT molecular complexity index is 955. The van der Waals surface area contributed by atoms with E-state index in [9.17, 15) is 18.8 Å². The van der Waals surface area contributed by atoms with Gasteiger partial charge in [0.25, 0.3) is 11.8 Å². The SMILES string of the molecule is CC(C)CNC(=O)CN(C)C(=O)c1cc2n(n1)CCCN(Cc1ccc(F)cc1)C2=O. The highest BCUT2D eigenvalue weighted by atomic mass is 19.1. The van der Waals surface area contributed by atoms with E-state index in [-0.39, 0.29) is 29.9 Å². The molecule has 0 unspecified atom stereocenters. The number of nitrogens with zero attached hydrogens (tertiary/aromatic N) is 4. The van der Waals surface area contributed by atoms with Crippen molar-refractivity contribution in [2.75, 3.05) is 26.7 Å². The summed E-state index contributed by atoms with van der Waals surface area (Å²) in [5.74, 6) is -0.900. The molecular weight excluding hydrogens is 401 g/mol. The highest BCUT2D eigenvalue weighted by molar-refractivity contribution is 5.99. The van der Waals surface area contributed by atoms with E-state index in [4.69, 9.17) is 0 Å². The number of amides is 3. The molecule has 3 rings (SSSR count). The minimum atomic E-state index is -0.418. The molecular formula is C22H28FN5O3. The number of benzene rings is 1. The quantitative estimate of drug-likeness (QED) is 0.728. The lowest BCUT2D eigenvalue weighted by Crippen LogP contribution is -2.39. The minimum absolute atomic E-state index is 0.0849. The van der Waals surface area contributed by atoms with Crippen molar-refractivity contribution < 1.29 is 18.8 Å². The summed E-state index contributed by atoms with van der Waals surface area (Å²) in [5, 5.41) is 7.09. The lowest BCUT2D eigenvalue weighted by Gasteiger charge is -2.20. The van der Waals surface area contributed by atoms with Crippen LogP contribution in [0.15, 0.2) is 30.3 Å². The molecule has 2 heterocycles. The molecule has 1 aromatic carbocycles. The Morgan fingerprint density at radius 3 is 2.61 bits per heavy atom. The second-order valence-electron chi connectivity index (χ2n) is 8.20. The monoisotopic (exact) mass is 429 g/mol. The Hall–Kier alpha value is -3.23. The fraction of sp³-hybridized carbons (Fsp3) is 0.455. The third-order valence-corrected chi connectivity index (χ3v) is 5.03. The molecule has 1 N–H and O–H groups in total. The zero-order valence-electron chi connectivity index (χ0n) is 18.1. The molecule has 166 valence electrons. The van der Waals surface area contributed by atoms with Crippen LogP contribution in [0.1, 0.15) is 46.8 Å². The van der Waals surface area contributed by atoms with Crippen LogP contribution in [0.5, 0.6) is 0 Å². The zero-order chi connectivity index (χ0) is 22.5. The van der Waals surface area contributed by atoms with Gasteiger partial charge in [0.15, 0.2) is 5.69 Å². The third-order valence-electron chi connectivity index (χ3n) is 5.03. The molecule has 3 amide bonds. The van der Waals surface area contributed by atoms with E-state index in [1.54, 1.807) is 21.7 Å². The first-order chi connectivity index (χ1) is 14.7. The van der Waals surface area contributed by atoms with Gasteiger partial charge in [0.2, 0.25) is 5.91 Å². The molecule has 0 fully saturated rings. The normalized spacial score (nSPS) is 13.7. The van der Waals surface area contributed by atoms with Gasteiger partial charge in [-0.3, -0.25) is 19.1 Å². The smallest absolute Gasteiger partial charge is 0.274 e. The van der Waals surface area contributed by atoms with Crippen LogP contribution in [-0.4, -0.2) is 64.0 Å². The van der Waals surface area contributed by atoms with Gasteiger partial charge in [-0.15, -0.1) is 0 Å². The number of hydrogen-bond acceptors (Lipinski definition) is 4. The van der Waals surface area contributed by atoms with Gasteiger partial charge in [0.1, 0.15) is 11.5 Å². The first-order valence-electron chi connectivity index (χ1n) is 10.4. The van der Waals surface area contributed by atoms with Crippen LogP contribution in [0.3, 0.4) is 0 Å². The van der Waals surface area contributed by atoms with E-state index in [0.29, 0.717) is 44.2 Å². The van der Waals surface area contributed by atoms with Crippen molar-refractivity contribution in [3.05, 3.63) is 53.1 Å². The first-order valence-corrected chi connectivity index (χ1v) is 10.4. The summed E-state index contributed by atoms with van der Waals surface area (Å²) in [6.07, 6.45) is 0.683. The Kier molecular flexibility index (Phi) is 7.04. The fourth-order valence-electron chi connectivity index (χ4n) is 3.36. The van der Waals surface area contributed by atoms with Gasteiger partial charge in [-0.1, -0.05) is 26.0 Å². The maximum Gasteiger partial charge on any atom is 0.274 e. The summed E-state index contributed by atoms with van der Waals surface area (Å²) < 4.78 is 14.7. The van der Waals surface area contributed by atoms with Gasteiger partial charge >= 0.3 is 0 Å². The number of halogens is 1. The Morgan fingerprint density at radius 1 is 1.23 bits per heavy atom. The van der Waals surface area contributed by atoms with E-state index in [2.05, 4.69) is 10.4 Å². The maximum absolute atomic E-state index is 13.2. The molecule has 2 aromatic rings. The fourth-order valence-corrected chi connectivity index (χ4v) is 3.36. The van der Waals surface area contributed by atoms with Crippen LogP contribution in [0.25, 0.3) is 0 Å². The number of aryl methyl sites for hydroxylation is 1. The molecule has 0 saturated carbocycles. The summed E-state index contributed by atoms with van der Waals surface area (Å²) >= 11 is 0. The number of carbonyl (C=O) groups is 3. The largest absolute Gasteiger partial charge is 0.354 e. The molecule has 0 bridgehead atoms. The molecule has 1 aliphatic heterocycles. The van der Waals surface area contributed by atoms with Crippen LogP contribution in [-0.2, 0) is 17.9 Å². The molecule has 0 atom stereocenters. The van der Waals surface area contributed by atoms with Crippen LogP contribution in [0.2, 0.25) is 0 Å². The minimum Gasteiger partial charge on any atom is -0.354 e. The molecule has 1 aliphatic rings. The Labute approximate surface area is 181 Å². The summed E-state index contributed by atoms with van der Waals surface area (Å²) in [6, 6.07) is 7.52. The predicted octanol–water partition coefficient (Wildman–Crippen LogP) is 1.91. The highest BCUT2D eigenvalue weighted by Gasteiger charge is 2.27. The van der Waals surface area contributed by atoms with Gasteiger partial charge in [0.05, 0.1) is 6.54 Å². The molecule has 9 heteroatoms. The molecule has 0 aliphatic carbocycles. The van der Waals surface area contributed by atoms with Crippen molar-refractivity contribution in [2.45, 2.75) is 33.4 Å². The van der Waals surface area contributed by atoms with E-state index in [1.807, 2.05) is 13.8 Å². The second kappa shape index (κ2) is 9.72. The number of fused-ring (bicyclic) bond motifs is 1. The Morgan fingerprint density at radius 2 is 1.94 bits per heavy atom. The van der Waals surface area contributed by atoms with Gasteiger partial charge < -0.3 is 15.1 Å². The van der Waals surface area contributed by atoms with Crippen LogP contribution in [0, 0.1) is 11.7 Å². The third kappa shape index (κ3) is 5.68. The summed E-state index contributed by atoms with van der Waals surface area (Å²) in [5.41, 5.74) is 1.29. The van der Waals surface area contributed by atoms with Crippen molar-refractivity contribution in [3.8, 4) is 0 Å². The predicted molar refractivity (Wildman–Crippen MR) is 113 cm³/mol. The molecule has 0 saturated heterocycles. The van der Waals surface area contributed by atoms with Crippen molar-refractivity contribution in [3.63, 3.8) is 0 Å². The van der Waals surface area contributed by atoms with Crippen molar-refractivity contribution in [2.24, 2.45) is 5.92 Å². The van der Waals surface area contributed by atoms with E-state index < -0.39 is 5.91 Å². The molecule has 1 aromatic heterocycles. The highest BCUT2D eigenvalue weighted by Crippen LogP contribution is 2.17. The molecule has 0 spiro atoms. The Balaban J connectivity index is 1.69.